The maximum atomic E-state index is 12.6. The molecule has 1 heterocycles. The van der Waals surface area contributed by atoms with E-state index in [1.165, 1.54) is 6.42 Å². The van der Waals surface area contributed by atoms with Crippen LogP contribution in [-0.4, -0.2) is 29.0 Å². The van der Waals surface area contributed by atoms with Crippen molar-refractivity contribution >= 4 is 24.0 Å². The van der Waals surface area contributed by atoms with Crippen LogP contribution < -0.4 is 5.32 Å². The standard InChI is InChI=1S/C19H26BNO4/c1-2-13-6-5-7-14(10-13)19(22)21-18(20(23)24)11-15-12-25-17-9-4-3-8-16(15)17/h3-4,8-9,12-14,18,23-24H,2,5-7,10-11H2,1H3,(H,21,22)/t13-,14+,18+/m1/s1. The molecule has 1 aliphatic carbocycles. The number of carbonyl (C=O) groups excluding carboxylic acids is 1. The van der Waals surface area contributed by atoms with Gasteiger partial charge in [-0.1, -0.05) is 44.4 Å². The number of carbonyl (C=O) groups is 1. The van der Waals surface area contributed by atoms with E-state index >= 15 is 0 Å². The van der Waals surface area contributed by atoms with Crippen LogP contribution in [0.3, 0.4) is 0 Å². The van der Waals surface area contributed by atoms with Gasteiger partial charge in [-0.05, 0) is 36.8 Å². The van der Waals surface area contributed by atoms with Gasteiger partial charge in [0.15, 0.2) is 0 Å². The molecule has 3 rings (SSSR count). The number of hydrogen-bond donors (Lipinski definition) is 3. The van der Waals surface area contributed by atoms with Gasteiger partial charge in [0.05, 0.1) is 12.2 Å². The van der Waals surface area contributed by atoms with Crippen molar-refractivity contribution in [2.75, 3.05) is 0 Å². The average Bonchev–Trinajstić information content (AvgIpc) is 3.04. The molecule has 1 aromatic carbocycles. The number of nitrogens with one attached hydrogen (secondary N) is 1. The lowest BCUT2D eigenvalue weighted by Crippen LogP contribution is -2.50. The number of benzene rings is 1. The lowest BCUT2D eigenvalue weighted by molar-refractivity contribution is -0.126. The second kappa shape index (κ2) is 8.06. The van der Waals surface area contributed by atoms with Crippen molar-refractivity contribution in [3.8, 4) is 0 Å². The Bertz CT molecular complexity index is 714. The van der Waals surface area contributed by atoms with Gasteiger partial charge in [0.2, 0.25) is 5.91 Å². The van der Waals surface area contributed by atoms with Crippen LogP contribution in [0.2, 0.25) is 0 Å². The largest absolute Gasteiger partial charge is 0.475 e. The van der Waals surface area contributed by atoms with E-state index in [-0.39, 0.29) is 11.8 Å². The molecule has 3 atom stereocenters. The summed E-state index contributed by atoms with van der Waals surface area (Å²) < 4.78 is 5.50. The van der Waals surface area contributed by atoms with E-state index in [1.54, 1.807) is 6.26 Å². The summed E-state index contributed by atoms with van der Waals surface area (Å²) in [6.07, 6.45) is 7.07. The molecule has 3 N–H and O–H groups in total. The van der Waals surface area contributed by atoms with Crippen molar-refractivity contribution in [1.82, 2.24) is 5.32 Å². The van der Waals surface area contributed by atoms with Crippen molar-refractivity contribution < 1.29 is 19.3 Å². The number of hydrogen-bond acceptors (Lipinski definition) is 4. The second-order valence-electron chi connectivity index (χ2n) is 7.13. The Morgan fingerprint density at radius 1 is 1.36 bits per heavy atom. The van der Waals surface area contributed by atoms with Crippen LogP contribution in [0, 0.1) is 11.8 Å². The summed E-state index contributed by atoms with van der Waals surface area (Å²) in [5.74, 6) is -0.236. The fraction of sp³-hybridized carbons (Fsp3) is 0.526. The lowest BCUT2D eigenvalue weighted by Gasteiger charge is -2.29. The summed E-state index contributed by atoms with van der Waals surface area (Å²) in [5, 5.41) is 23.3. The maximum Gasteiger partial charge on any atom is 0.475 e. The molecule has 134 valence electrons. The Morgan fingerprint density at radius 2 is 2.16 bits per heavy atom. The third-order valence-electron chi connectivity index (χ3n) is 5.42. The molecular weight excluding hydrogens is 317 g/mol. The summed E-state index contributed by atoms with van der Waals surface area (Å²) >= 11 is 0. The highest BCUT2D eigenvalue weighted by molar-refractivity contribution is 6.43. The third-order valence-corrected chi connectivity index (χ3v) is 5.42. The quantitative estimate of drug-likeness (QED) is 0.705. The van der Waals surface area contributed by atoms with E-state index in [1.807, 2.05) is 24.3 Å². The summed E-state index contributed by atoms with van der Waals surface area (Å²) in [6, 6.07) is 7.61. The highest BCUT2D eigenvalue weighted by Crippen LogP contribution is 2.31. The zero-order valence-electron chi connectivity index (χ0n) is 14.6. The van der Waals surface area contributed by atoms with Gasteiger partial charge in [-0.3, -0.25) is 4.79 Å². The molecule has 0 saturated heterocycles. The van der Waals surface area contributed by atoms with Gasteiger partial charge in [0.25, 0.3) is 0 Å². The van der Waals surface area contributed by atoms with Crippen molar-refractivity contribution in [1.29, 1.82) is 0 Å². The monoisotopic (exact) mass is 343 g/mol. The van der Waals surface area contributed by atoms with Crippen molar-refractivity contribution in [2.24, 2.45) is 11.8 Å². The minimum atomic E-state index is -1.61. The zero-order chi connectivity index (χ0) is 17.8. The van der Waals surface area contributed by atoms with E-state index in [0.29, 0.717) is 12.3 Å². The van der Waals surface area contributed by atoms with Crippen molar-refractivity contribution in [2.45, 2.75) is 51.4 Å². The Kier molecular flexibility index (Phi) is 5.81. The minimum absolute atomic E-state index is 0.0268. The Labute approximate surface area is 148 Å². The molecule has 1 saturated carbocycles. The predicted octanol–water partition coefficient (Wildman–Crippen LogP) is 2.69. The number of rotatable bonds is 6. The summed E-state index contributed by atoms with van der Waals surface area (Å²) in [6.45, 7) is 2.16. The first kappa shape index (κ1) is 18.0. The van der Waals surface area contributed by atoms with E-state index in [4.69, 9.17) is 4.42 Å². The Hall–Kier alpha value is -1.79. The first-order valence-electron chi connectivity index (χ1n) is 9.20. The second-order valence-corrected chi connectivity index (χ2v) is 7.13. The number of amides is 1. The summed E-state index contributed by atoms with van der Waals surface area (Å²) in [7, 11) is -1.61. The highest BCUT2D eigenvalue weighted by atomic mass is 16.4. The molecule has 1 aromatic heterocycles. The normalized spacial score (nSPS) is 21.9. The molecule has 1 fully saturated rings. The predicted molar refractivity (Wildman–Crippen MR) is 97.8 cm³/mol. The molecule has 0 spiro atoms. The van der Waals surface area contributed by atoms with Gasteiger partial charge in [0, 0.05) is 11.3 Å². The van der Waals surface area contributed by atoms with E-state index in [9.17, 15) is 14.8 Å². The lowest BCUT2D eigenvalue weighted by atomic mass is 9.74. The molecule has 6 heteroatoms. The molecule has 0 unspecified atom stereocenters. The van der Waals surface area contributed by atoms with E-state index < -0.39 is 13.1 Å². The van der Waals surface area contributed by atoms with Gasteiger partial charge in [0.1, 0.15) is 5.58 Å². The average molecular weight is 343 g/mol. The SMILES string of the molecule is CC[C@@H]1CCC[C@H](C(=O)N[C@@H](Cc2coc3ccccc23)B(O)O)C1. The van der Waals surface area contributed by atoms with Crippen LogP contribution in [-0.2, 0) is 11.2 Å². The van der Waals surface area contributed by atoms with Crippen LogP contribution in [0.25, 0.3) is 11.0 Å². The van der Waals surface area contributed by atoms with Crippen LogP contribution >= 0.6 is 0 Å². The smallest absolute Gasteiger partial charge is 0.464 e. The third kappa shape index (κ3) is 4.25. The molecule has 0 bridgehead atoms. The Balaban J connectivity index is 1.68. The van der Waals surface area contributed by atoms with Crippen LogP contribution in [0.5, 0.6) is 0 Å². The number of furan rings is 1. The van der Waals surface area contributed by atoms with Crippen LogP contribution in [0.4, 0.5) is 0 Å². The van der Waals surface area contributed by atoms with E-state index in [0.717, 1.165) is 42.2 Å². The van der Waals surface area contributed by atoms with Gasteiger partial charge in [-0.25, -0.2) is 0 Å². The van der Waals surface area contributed by atoms with E-state index in [2.05, 4.69) is 12.2 Å². The number of fused-ring (bicyclic) bond motifs is 1. The first-order valence-corrected chi connectivity index (χ1v) is 9.20. The van der Waals surface area contributed by atoms with Gasteiger partial charge < -0.3 is 19.8 Å². The van der Waals surface area contributed by atoms with Gasteiger partial charge in [-0.15, -0.1) is 0 Å². The number of para-hydroxylation sites is 1. The highest BCUT2D eigenvalue weighted by Gasteiger charge is 2.31. The van der Waals surface area contributed by atoms with Crippen molar-refractivity contribution in [3.05, 3.63) is 36.1 Å². The minimum Gasteiger partial charge on any atom is -0.464 e. The molecule has 5 nitrogen and oxygen atoms in total. The van der Waals surface area contributed by atoms with Crippen LogP contribution in [0.15, 0.2) is 34.9 Å². The van der Waals surface area contributed by atoms with Crippen LogP contribution in [0.1, 0.15) is 44.6 Å². The molecule has 1 aliphatic rings. The molecule has 0 aliphatic heterocycles. The molecule has 25 heavy (non-hydrogen) atoms. The molecule has 1 amide bonds. The van der Waals surface area contributed by atoms with Crippen molar-refractivity contribution in [3.63, 3.8) is 0 Å². The Morgan fingerprint density at radius 3 is 2.92 bits per heavy atom. The first-order chi connectivity index (χ1) is 12.1. The van der Waals surface area contributed by atoms with Gasteiger partial charge in [-0.2, -0.15) is 0 Å². The summed E-state index contributed by atoms with van der Waals surface area (Å²) in [4.78, 5) is 12.6. The van der Waals surface area contributed by atoms with Gasteiger partial charge >= 0.3 is 7.12 Å². The topological polar surface area (TPSA) is 82.7 Å². The maximum absolute atomic E-state index is 12.6. The fourth-order valence-corrected chi connectivity index (χ4v) is 3.86. The summed E-state index contributed by atoms with van der Waals surface area (Å²) in [5.41, 5.74) is 1.62. The molecule has 2 aromatic rings. The fourth-order valence-electron chi connectivity index (χ4n) is 3.86. The molecular formula is C19H26BNO4. The zero-order valence-corrected chi connectivity index (χ0v) is 14.6. The molecule has 0 radical (unpaired) electrons.